The van der Waals surface area contributed by atoms with E-state index in [1.54, 1.807) is 0 Å². The number of hydrogen-bond acceptors (Lipinski definition) is 4. The third-order valence-corrected chi connectivity index (χ3v) is 4.36. The number of amides is 1. The van der Waals surface area contributed by atoms with Crippen LogP contribution in [0.5, 0.6) is 5.75 Å². The third-order valence-electron chi connectivity index (χ3n) is 4.12. The molecule has 2 aliphatic heterocycles. The number of carbonyl (C=O) groups is 1. The Labute approximate surface area is 135 Å². The van der Waals surface area contributed by atoms with Crippen LogP contribution in [-0.4, -0.2) is 50.3 Å². The number of hydrogen-bond donors (Lipinski definition) is 1. The van der Waals surface area contributed by atoms with E-state index in [0.29, 0.717) is 24.8 Å². The molecule has 0 saturated carbocycles. The van der Waals surface area contributed by atoms with Crippen LogP contribution in [0.2, 0.25) is 5.02 Å². The van der Waals surface area contributed by atoms with Gasteiger partial charge in [-0.2, -0.15) is 0 Å². The third kappa shape index (κ3) is 3.54. The zero-order valence-electron chi connectivity index (χ0n) is 12.7. The fourth-order valence-electron chi connectivity index (χ4n) is 2.90. The predicted octanol–water partition coefficient (Wildman–Crippen LogP) is 2.00. The number of halogens is 1. The van der Waals surface area contributed by atoms with E-state index in [4.69, 9.17) is 21.1 Å². The summed E-state index contributed by atoms with van der Waals surface area (Å²) in [5.74, 6) is 0.705. The molecule has 0 unspecified atom stereocenters. The Morgan fingerprint density at radius 3 is 3.09 bits per heavy atom. The molecule has 0 aliphatic carbocycles. The molecule has 0 aromatic heterocycles. The highest BCUT2D eigenvalue weighted by Crippen LogP contribution is 2.33. The number of fused-ring (bicyclic) bond motifs is 1. The quantitative estimate of drug-likeness (QED) is 0.904. The summed E-state index contributed by atoms with van der Waals surface area (Å²) >= 11 is 6.03. The number of carbonyl (C=O) groups excluding carboxylic acids is 1. The van der Waals surface area contributed by atoms with E-state index in [2.05, 4.69) is 10.2 Å². The number of rotatable bonds is 2. The molecule has 1 fully saturated rings. The van der Waals surface area contributed by atoms with Crippen LogP contribution in [-0.2, 0) is 9.53 Å². The maximum absolute atomic E-state index is 12.5. The van der Waals surface area contributed by atoms with Crippen LogP contribution in [0, 0.1) is 0 Å². The van der Waals surface area contributed by atoms with Gasteiger partial charge in [-0.25, -0.2) is 0 Å². The molecular weight excluding hydrogens is 304 g/mol. The average molecular weight is 325 g/mol. The lowest BCUT2D eigenvalue weighted by molar-refractivity contribution is -0.138. The highest BCUT2D eigenvalue weighted by molar-refractivity contribution is 6.30. The molecule has 5 nitrogen and oxygen atoms in total. The second kappa shape index (κ2) is 6.86. The molecule has 1 saturated heterocycles. The first-order valence-electron chi connectivity index (χ1n) is 7.66. The number of ether oxygens (including phenoxy) is 2. The molecule has 1 aromatic rings. The molecule has 2 heterocycles. The highest BCUT2D eigenvalue weighted by Gasteiger charge is 2.28. The summed E-state index contributed by atoms with van der Waals surface area (Å²) in [6, 6.07) is 5.52. The average Bonchev–Trinajstić information content (AvgIpc) is 2.69. The van der Waals surface area contributed by atoms with Gasteiger partial charge in [0, 0.05) is 23.7 Å². The predicted molar refractivity (Wildman–Crippen MR) is 84.3 cm³/mol. The van der Waals surface area contributed by atoms with Crippen LogP contribution in [0.3, 0.4) is 0 Å². The van der Waals surface area contributed by atoms with Gasteiger partial charge in [0.1, 0.15) is 11.9 Å². The Kier molecular flexibility index (Phi) is 4.86. The molecule has 3 rings (SSSR count). The Morgan fingerprint density at radius 2 is 2.27 bits per heavy atom. The lowest BCUT2D eigenvalue weighted by atomic mass is 10.0. The fraction of sp³-hybridized carbons (Fsp3) is 0.562. The normalized spacial score (nSPS) is 25.7. The van der Waals surface area contributed by atoms with Gasteiger partial charge in [-0.1, -0.05) is 17.7 Å². The van der Waals surface area contributed by atoms with Crippen molar-refractivity contribution in [3.05, 3.63) is 28.8 Å². The van der Waals surface area contributed by atoms with Crippen molar-refractivity contribution < 1.29 is 14.3 Å². The minimum absolute atomic E-state index is 0.0562. The Bertz CT molecular complexity index is 552. The molecule has 6 heteroatoms. The molecule has 22 heavy (non-hydrogen) atoms. The van der Waals surface area contributed by atoms with Crippen molar-refractivity contribution in [1.29, 1.82) is 0 Å². The van der Waals surface area contributed by atoms with E-state index in [-0.39, 0.29) is 11.9 Å². The zero-order valence-corrected chi connectivity index (χ0v) is 13.4. The van der Waals surface area contributed by atoms with E-state index in [1.165, 1.54) is 0 Å². The molecule has 2 aliphatic rings. The van der Waals surface area contributed by atoms with Gasteiger partial charge in [0.2, 0.25) is 0 Å². The van der Waals surface area contributed by atoms with Gasteiger partial charge in [-0.15, -0.1) is 0 Å². The van der Waals surface area contributed by atoms with Crippen LogP contribution in [0.15, 0.2) is 18.2 Å². The van der Waals surface area contributed by atoms with Crippen molar-refractivity contribution in [2.45, 2.75) is 25.0 Å². The van der Waals surface area contributed by atoms with Crippen molar-refractivity contribution in [2.24, 2.45) is 0 Å². The minimum Gasteiger partial charge on any atom is -0.493 e. The smallest absolute Gasteiger partial charge is 0.250 e. The molecular formula is C16H21ClN2O3. The van der Waals surface area contributed by atoms with Gasteiger partial charge < -0.3 is 19.7 Å². The standard InChI is InChI=1S/C16H21ClN2O3/c1-19-6-8-22-15(10-19)16(20)18-13-3-2-7-21-14-9-11(17)4-5-12(13)14/h4-5,9,13,15H,2-3,6-8,10H2,1H3,(H,18,20)/t13-,15+/m1/s1. The molecule has 1 aromatic carbocycles. The maximum Gasteiger partial charge on any atom is 0.250 e. The monoisotopic (exact) mass is 324 g/mol. The van der Waals surface area contributed by atoms with Gasteiger partial charge in [0.25, 0.3) is 5.91 Å². The number of likely N-dealkylation sites (N-methyl/N-ethyl adjacent to an activating group) is 1. The Hall–Kier alpha value is -1.30. The number of morpholine rings is 1. The summed E-state index contributed by atoms with van der Waals surface area (Å²) in [6.45, 7) is 2.72. The topological polar surface area (TPSA) is 50.8 Å². The molecule has 0 spiro atoms. The second-order valence-electron chi connectivity index (χ2n) is 5.86. The van der Waals surface area contributed by atoms with Crippen LogP contribution >= 0.6 is 11.6 Å². The first-order valence-corrected chi connectivity index (χ1v) is 8.04. The first-order chi connectivity index (χ1) is 10.6. The van der Waals surface area contributed by atoms with Crippen molar-refractivity contribution in [2.75, 3.05) is 33.4 Å². The number of benzene rings is 1. The lowest BCUT2D eigenvalue weighted by Crippen LogP contribution is -2.49. The maximum atomic E-state index is 12.5. The number of nitrogens with one attached hydrogen (secondary N) is 1. The van der Waals surface area contributed by atoms with Crippen LogP contribution in [0.1, 0.15) is 24.4 Å². The lowest BCUT2D eigenvalue weighted by Gasteiger charge is -2.30. The Morgan fingerprint density at radius 1 is 1.41 bits per heavy atom. The van der Waals surface area contributed by atoms with Gasteiger partial charge in [0.15, 0.2) is 0 Å². The van der Waals surface area contributed by atoms with E-state index in [1.807, 2.05) is 25.2 Å². The van der Waals surface area contributed by atoms with Crippen molar-refractivity contribution in [3.8, 4) is 5.75 Å². The summed E-state index contributed by atoms with van der Waals surface area (Å²) in [6.07, 6.45) is 1.34. The van der Waals surface area contributed by atoms with E-state index in [9.17, 15) is 4.79 Å². The van der Waals surface area contributed by atoms with Gasteiger partial charge in [-0.05, 0) is 32.0 Å². The molecule has 0 radical (unpaired) electrons. The molecule has 1 N–H and O–H groups in total. The molecule has 2 atom stereocenters. The summed E-state index contributed by atoms with van der Waals surface area (Å²) in [5.41, 5.74) is 0.986. The highest BCUT2D eigenvalue weighted by atomic mass is 35.5. The van der Waals surface area contributed by atoms with Crippen molar-refractivity contribution in [3.63, 3.8) is 0 Å². The minimum atomic E-state index is -0.404. The van der Waals surface area contributed by atoms with Crippen LogP contribution < -0.4 is 10.1 Å². The van der Waals surface area contributed by atoms with Gasteiger partial charge in [0.05, 0.1) is 19.3 Å². The van der Waals surface area contributed by atoms with E-state index < -0.39 is 6.10 Å². The summed E-state index contributed by atoms with van der Waals surface area (Å²) in [7, 11) is 2.00. The summed E-state index contributed by atoms with van der Waals surface area (Å²) in [5, 5.41) is 3.75. The van der Waals surface area contributed by atoms with E-state index >= 15 is 0 Å². The zero-order chi connectivity index (χ0) is 15.5. The summed E-state index contributed by atoms with van der Waals surface area (Å²) < 4.78 is 11.3. The largest absolute Gasteiger partial charge is 0.493 e. The van der Waals surface area contributed by atoms with Gasteiger partial charge in [-0.3, -0.25) is 4.79 Å². The second-order valence-corrected chi connectivity index (χ2v) is 6.29. The number of nitrogens with zero attached hydrogens (tertiary/aromatic N) is 1. The van der Waals surface area contributed by atoms with Crippen molar-refractivity contribution in [1.82, 2.24) is 10.2 Å². The Balaban J connectivity index is 1.73. The van der Waals surface area contributed by atoms with Crippen LogP contribution in [0.4, 0.5) is 0 Å². The first kappa shape index (κ1) is 15.6. The fourth-order valence-corrected chi connectivity index (χ4v) is 3.06. The molecule has 1 amide bonds. The molecule has 120 valence electrons. The van der Waals surface area contributed by atoms with Gasteiger partial charge >= 0.3 is 0 Å². The van der Waals surface area contributed by atoms with Crippen LogP contribution in [0.25, 0.3) is 0 Å². The SMILES string of the molecule is CN1CCO[C@H](C(=O)N[C@@H]2CCCOc3cc(Cl)ccc32)C1. The molecule has 0 bridgehead atoms. The van der Waals surface area contributed by atoms with Crippen molar-refractivity contribution >= 4 is 17.5 Å². The van der Waals surface area contributed by atoms with E-state index in [0.717, 1.165) is 30.7 Å². The summed E-state index contributed by atoms with van der Waals surface area (Å²) in [4.78, 5) is 14.6.